The van der Waals surface area contributed by atoms with Crippen LogP contribution in [0.15, 0.2) is 6.07 Å². The van der Waals surface area contributed by atoms with Gasteiger partial charge in [-0.05, 0) is 19.9 Å². The number of hydrogen-bond acceptors (Lipinski definition) is 5. The summed E-state index contributed by atoms with van der Waals surface area (Å²) in [6.07, 6.45) is 1.15. The molecule has 1 fully saturated rings. The molecule has 0 radical (unpaired) electrons. The summed E-state index contributed by atoms with van der Waals surface area (Å²) in [6.45, 7) is 12.9. The zero-order valence-corrected chi connectivity index (χ0v) is 13.7. The first-order valence-corrected chi connectivity index (χ1v) is 8.02. The molecule has 1 saturated heterocycles. The number of anilines is 1. The first kappa shape index (κ1) is 16.2. The molecular formula is C16H28N4O. The minimum absolute atomic E-state index is 0.347. The van der Waals surface area contributed by atoms with Crippen molar-refractivity contribution in [3.63, 3.8) is 0 Å². The van der Waals surface area contributed by atoms with E-state index in [1.807, 2.05) is 6.92 Å². The van der Waals surface area contributed by atoms with Gasteiger partial charge in [0.1, 0.15) is 11.6 Å². The summed E-state index contributed by atoms with van der Waals surface area (Å²) in [6, 6.07) is 2.43. The molecule has 1 unspecified atom stereocenters. The third kappa shape index (κ3) is 4.38. The highest BCUT2D eigenvalue weighted by Crippen LogP contribution is 2.20. The second-order valence-electron chi connectivity index (χ2n) is 6.01. The number of rotatable bonds is 6. The minimum Gasteiger partial charge on any atom is -0.377 e. The molecule has 21 heavy (non-hydrogen) atoms. The van der Waals surface area contributed by atoms with Crippen LogP contribution >= 0.6 is 0 Å². The van der Waals surface area contributed by atoms with Crippen LogP contribution in [0.1, 0.15) is 44.6 Å². The van der Waals surface area contributed by atoms with Crippen molar-refractivity contribution < 1.29 is 4.74 Å². The van der Waals surface area contributed by atoms with Crippen LogP contribution < -0.4 is 10.2 Å². The van der Waals surface area contributed by atoms with E-state index < -0.39 is 0 Å². The van der Waals surface area contributed by atoms with Gasteiger partial charge in [-0.1, -0.05) is 20.8 Å². The highest BCUT2D eigenvalue weighted by molar-refractivity contribution is 5.42. The fraction of sp³-hybridized carbons (Fsp3) is 0.750. The van der Waals surface area contributed by atoms with Crippen molar-refractivity contribution in [3.05, 3.63) is 17.6 Å². The molecule has 0 aliphatic carbocycles. The van der Waals surface area contributed by atoms with Gasteiger partial charge in [-0.3, -0.25) is 0 Å². The normalized spacial score (nSPS) is 19.3. The maximum absolute atomic E-state index is 5.65. The van der Waals surface area contributed by atoms with E-state index in [0.29, 0.717) is 12.0 Å². The van der Waals surface area contributed by atoms with Gasteiger partial charge in [-0.15, -0.1) is 0 Å². The van der Waals surface area contributed by atoms with Gasteiger partial charge < -0.3 is 15.0 Å². The predicted molar refractivity (Wildman–Crippen MR) is 86.0 cm³/mol. The summed E-state index contributed by atoms with van der Waals surface area (Å²) in [5, 5.41) is 3.49. The van der Waals surface area contributed by atoms with Crippen molar-refractivity contribution in [1.82, 2.24) is 15.3 Å². The predicted octanol–water partition coefficient (Wildman–Crippen LogP) is 2.11. The molecule has 1 aliphatic heterocycles. The van der Waals surface area contributed by atoms with Gasteiger partial charge in [-0.2, -0.15) is 0 Å². The Labute approximate surface area is 128 Å². The Hall–Kier alpha value is -1.20. The van der Waals surface area contributed by atoms with E-state index in [-0.39, 0.29) is 0 Å². The summed E-state index contributed by atoms with van der Waals surface area (Å²) in [5.41, 5.74) is 1.04. The largest absolute Gasteiger partial charge is 0.377 e. The summed E-state index contributed by atoms with van der Waals surface area (Å²) in [5.74, 6) is 2.32. The zero-order valence-electron chi connectivity index (χ0n) is 13.7. The maximum atomic E-state index is 5.65. The van der Waals surface area contributed by atoms with Crippen LogP contribution in [0.25, 0.3) is 0 Å². The standard InChI is InChI=1S/C16H28N4O/c1-5-6-17-10-14-11-21-8-7-20(14)15-9-13(4)18-16(19-15)12(2)3/h9,12,14,17H,5-8,10-11H2,1-4H3. The molecular weight excluding hydrogens is 264 g/mol. The molecule has 0 spiro atoms. The van der Waals surface area contributed by atoms with Gasteiger partial charge in [0.15, 0.2) is 0 Å². The van der Waals surface area contributed by atoms with Crippen LogP contribution in [0.2, 0.25) is 0 Å². The second kappa shape index (κ2) is 7.71. The first-order valence-electron chi connectivity index (χ1n) is 8.02. The zero-order chi connectivity index (χ0) is 15.2. The average Bonchev–Trinajstić information content (AvgIpc) is 2.47. The Bertz CT molecular complexity index is 450. The molecule has 0 bridgehead atoms. The Morgan fingerprint density at radius 3 is 2.95 bits per heavy atom. The van der Waals surface area contributed by atoms with Crippen molar-refractivity contribution >= 4 is 5.82 Å². The maximum Gasteiger partial charge on any atom is 0.133 e. The van der Waals surface area contributed by atoms with Crippen LogP contribution in [0.3, 0.4) is 0 Å². The number of nitrogens with one attached hydrogen (secondary N) is 1. The molecule has 0 saturated carbocycles. The van der Waals surface area contributed by atoms with Crippen molar-refractivity contribution in [2.45, 2.75) is 46.1 Å². The Morgan fingerprint density at radius 1 is 1.43 bits per heavy atom. The Morgan fingerprint density at radius 2 is 2.24 bits per heavy atom. The van der Waals surface area contributed by atoms with Crippen molar-refractivity contribution in [2.75, 3.05) is 37.7 Å². The fourth-order valence-electron chi connectivity index (χ4n) is 2.55. The van der Waals surface area contributed by atoms with Crippen LogP contribution in [-0.2, 0) is 4.74 Å². The molecule has 1 atom stereocenters. The number of hydrogen-bond donors (Lipinski definition) is 1. The van der Waals surface area contributed by atoms with Gasteiger partial charge in [0, 0.05) is 30.8 Å². The van der Waals surface area contributed by atoms with E-state index in [0.717, 1.165) is 56.6 Å². The third-order valence-corrected chi connectivity index (χ3v) is 3.70. The number of morpholine rings is 1. The topological polar surface area (TPSA) is 50.3 Å². The van der Waals surface area contributed by atoms with Crippen molar-refractivity contribution in [3.8, 4) is 0 Å². The number of aryl methyl sites for hydroxylation is 1. The van der Waals surface area contributed by atoms with Gasteiger partial charge in [0.25, 0.3) is 0 Å². The van der Waals surface area contributed by atoms with E-state index >= 15 is 0 Å². The van der Waals surface area contributed by atoms with E-state index in [2.05, 4.69) is 42.0 Å². The summed E-state index contributed by atoms with van der Waals surface area (Å²) >= 11 is 0. The molecule has 2 rings (SSSR count). The number of ether oxygens (including phenoxy) is 1. The molecule has 0 amide bonds. The highest BCUT2D eigenvalue weighted by Gasteiger charge is 2.24. The first-order chi connectivity index (χ1) is 10.1. The summed E-state index contributed by atoms with van der Waals surface area (Å²) in [4.78, 5) is 11.7. The average molecular weight is 292 g/mol. The number of nitrogens with zero attached hydrogens (tertiary/aromatic N) is 3. The molecule has 5 nitrogen and oxygen atoms in total. The van der Waals surface area contributed by atoms with E-state index in [1.165, 1.54) is 0 Å². The fourth-order valence-corrected chi connectivity index (χ4v) is 2.55. The third-order valence-electron chi connectivity index (χ3n) is 3.70. The van der Waals surface area contributed by atoms with Crippen molar-refractivity contribution in [1.29, 1.82) is 0 Å². The van der Waals surface area contributed by atoms with Crippen LogP contribution in [0.5, 0.6) is 0 Å². The monoisotopic (exact) mass is 292 g/mol. The molecule has 0 aromatic carbocycles. The summed E-state index contributed by atoms with van der Waals surface area (Å²) in [7, 11) is 0. The van der Waals surface area contributed by atoms with E-state index in [9.17, 15) is 0 Å². The van der Waals surface area contributed by atoms with Gasteiger partial charge in [-0.25, -0.2) is 9.97 Å². The molecule has 1 aromatic heterocycles. The van der Waals surface area contributed by atoms with Crippen molar-refractivity contribution in [2.24, 2.45) is 0 Å². The molecule has 1 aromatic rings. The number of aromatic nitrogens is 2. The molecule has 5 heteroatoms. The minimum atomic E-state index is 0.347. The van der Waals surface area contributed by atoms with E-state index in [1.54, 1.807) is 0 Å². The lowest BCUT2D eigenvalue weighted by Crippen LogP contribution is -2.51. The van der Waals surface area contributed by atoms with Crippen LogP contribution in [-0.4, -0.2) is 48.9 Å². The van der Waals surface area contributed by atoms with Gasteiger partial charge in [0.2, 0.25) is 0 Å². The molecule has 1 N–H and O–H groups in total. The van der Waals surface area contributed by atoms with Crippen LogP contribution in [0.4, 0.5) is 5.82 Å². The van der Waals surface area contributed by atoms with Gasteiger partial charge in [0.05, 0.1) is 19.3 Å². The summed E-state index contributed by atoms with van der Waals surface area (Å²) < 4.78 is 5.65. The molecule has 1 aliphatic rings. The lowest BCUT2D eigenvalue weighted by atomic mass is 10.2. The SMILES string of the molecule is CCCNCC1COCCN1c1cc(C)nc(C(C)C)n1. The quantitative estimate of drug-likeness (QED) is 0.814. The lowest BCUT2D eigenvalue weighted by molar-refractivity contribution is 0.0933. The molecule has 118 valence electrons. The second-order valence-corrected chi connectivity index (χ2v) is 6.01. The Kier molecular flexibility index (Phi) is 5.94. The lowest BCUT2D eigenvalue weighted by Gasteiger charge is -2.37. The Balaban J connectivity index is 2.16. The molecule has 2 heterocycles. The van der Waals surface area contributed by atoms with Gasteiger partial charge >= 0.3 is 0 Å². The smallest absolute Gasteiger partial charge is 0.133 e. The van der Waals surface area contributed by atoms with E-state index in [4.69, 9.17) is 9.72 Å². The highest BCUT2D eigenvalue weighted by atomic mass is 16.5. The van der Waals surface area contributed by atoms with Crippen LogP contribution in [0, 0.1) is 6.92 Å².